The fraction of sp³-hybridized carbons (Fsp3) is 0.125. The maximum Gasteiger partial charge on any atom is 0.335 e. The first-order chi connectivity index (χ1) is 14.6. The van der Waals surface area contributed by atoms with Crippen LogP contribution in [0, 0.1) is 0 Å². The van der Waals surface area contributed by atoms with Crippen LogP contribution in [0.1, 0.15) is 12.0 Å². The molecule has 2 amide bonds. The van der Waals surface area contributed by atoms with Crippen LogP contribution < -0.4 is 15.0 Å². The minimum Gasteiger partial charge on any atom is -0.423 e. The first-order valence-electron chi connectivity index (χ1n) is 9.63. The summed E-state index contributed by atoms with van der Waals surface area (Å²) in [4.78, 5) is 39.9. The van der Waals surface area contributed by atoms with Crippen molar-refractivity contribution >= 4 is 29.2 Å². The van der Waals surface area contributed by atoms with Crippen LogP contribution in [0.15, 0.2) is 84.9 Å². The lowest BCUT2D eigenvalue weighted by molar-refractivity contribution is -0.140. The number of para-hydroxylation sites is 3. The van der Waals surface area contributed by atoms with Gasteiger partial charge in [-0.05, 0) is 29.8 Å². The summed E-state index contributed by atoms with van der Waals surface area (Å²) in [7, 11) is 0. The van der Waals surface area contributed by atoms with Gasteiger partial charge in [-0.15, -0.1) is 0 Å². The smallest absolute Gasteiger partial charge is 0.335 e. The number of esters is 1. The Balaban J connectivity index is 1.60. The highest BCUT2D eigenvalue weighted by Gasteiger charge is 2.39. The van der Waals surface area contributed by atoms with Crippen molar-refractivity contribution in [1.29, 1.82) is 0 Å². The average molecular weight is 400 g/mol. The molecular weight excluding hydrogens is 380 g/mol. The number of hydrogen-bond donors (Lipinski definition) is 1. The second-order valence-corrected chi connectivity index (χ2v) is 6.95. The Labute approximate surface area is 174 Å². The van der Waals surface area contributed by atoms with Crippen LogP contribution in [-0.4, -0.2) is 23.8 Å². The highest BCUT2D eigenvalue weighted by molar-refractivity contribution is 6.06. The zero-order chi connectivity index (χ0) is 20.9. The second kappa shape index (κ2) is 8.61. The molecule has 6 heteroatoms. The van der Waals surface area contributed by atoms with Crippen LogP contribution in [0.4, 0.5) is 11.4 Å². The Hall–Kier alpha value is -3.93. The minimum atomic E-state index is -1.04. The van der Waals surface area contributed by atoms with Gasteiger partial charge in [0.1, 0.15) is 6.04 Å². The predicted octanol–water partition coefficient (Wildman–Crippen LogP) is 3.58. The molecule has 30 heavy (non-hydrogen) atoms. The van der Waals surface area contributed by atoms with Crippen LogP contribution >= 0.6 is 0 Å². The van der Waals surface area contributed by atoms with Gasteiger partial charge >= 0.3 is 5.97 Å². The van der Waals surface area contributed by atoms with Crippen LogP contribution in [0.3, 0.4) is 0 Å². The summed E-state index contributed by atoms with van der Waals surface area (Å²) >= 11 is 0. The Morgan fingerprint density at radius 2 is 1.50 bits per heavy atom. The van der Waals surface area contributed by atoms with E-state index < -0.39 is 12.0 Å². The van der Waals surface area contributed by atoms with Crippen LogP contribution in [-0.2, 0) is 20.8 Å². The van der Waals surface area contributed by atoms with Gasteiger partial charge in [0.25, 0.3) is 0 Å². The van der Waals surface area contributed by atoms with E-state index in [9.17, 15) is 14.4 Å². The molecule has 0 unspecified atom stereocenters. The molecule has 4 rings (SSSR count). The van der Waals surface area contributed by atoms with Crippen LogP contribution in [0.5, 0.6) is 5.75 Å². The summed E-state index contributed by atoms with van der Waals surface area (Å²) in [5.41, 5.74) is 1.93. The van der Waals surface area contributed by atoms with Crippen molar-refractivity contribution in [2.45, 2.75) is 18.9 Å². The van der Waals surface area contributed by atoms with Crippen molar-refractivity contribution in [2.75, 3.05) is 10.2 Å². The van der Waals surface area contributed by atoms with E-state index in [4.69, 9.17) is 4.74 Å². The zero-order valence-corrected chi connectivity index (χ0v) is 16.2. The third-order valence-electron chi connectivity index (χ3n) is 4.82. The SMILES string of the molecule is O=C(C[C@H]1C(=O)Oc2ccccc2N1C(=O)Cc1ccccc1)Nc1ccccc1. The monoisotopic (exact) mass is 400 g/mol. The van der Waals surface area contributed by atoms with E-state index in [2.05, 4.69) is 5.32 Å². The van der Waals surface area contributed by atoms with Crippen molar-refractivity contribution in [3.8, 4) is 5.75 Å². The fourth-order valence-electron chi connectivity index (χ4n) is 3.44. The first-order valence-corrected chi connectivity index (χ1v) is 9.63. The zero-order valence-electron chi connectivity index (χ0n) is 16.2. The molecule has 1 aliphatic heterocycles. The Morgan fingerprint density at radius 3 is 2.23 bits per heavy atom. The number of ether oxygens (including phenoxy) is 1. The van der Waals surface area contributed by atoms with Crippen LogP contribution in [0.2, 0.25) is 0 Å². The molecule has 0 fully saturated rings. The highest BCUT2D eigenvalue weighted by Crippen LogP contribution is 2.35. The van der Waals surface area contributed by atoms with Gasteiger partial charge in [-0.2, -0.15) is 0 Å². The maximum absolute atomic E-state index is 13.2. The number of amides is 2. The molecule has 1 aliphatic rings. The van der Waals surface area contributed by atoms with E-state index in [0.29, 0.717) is 17.1 Å². The number of nitrogens with one attached hydrogen (secondary N) is 1. The second-order valence-electron chi connectivity index (χ2n) is 6.95. The average Bonchev–Trinajstić information content (AvgIpc) is 2.75. The molecule has 3 aromatic rings. The summed E-state index contributed by atoms with van der Waals surface area (Å²) < 4.78 is 5.41. The van der Waals surface area contributed by atoms with E-state index in [1.54, 1.807) is 48.5 Å². The van der Waals surface area contributed by atoms with Gasteiger partial charge in [0.15, 0.2) is 5.75 Å². The van der Waals surface area contributed by atoms with Crippen molar-refractivity contribution in [3.63, 3.8) is 0 Å². The van der Waals surface area contributed by atoms with Gasteiger partial charge in [0.2, 0.25) is 11.8 Å². The van der Waals surface area contributed by atoms with E-state index >= 15 is 0 Å². The fourth-order valence-corrected chi connectivity index (χ4v) is 3.44. The van der Waals surface area contributed by atoms with Gasteiger partial charge in [-0.1, -0.05) is 60.7 Å². The number of carbonyl (C=O) groups excluding carboxylic acids is 3. The van der Waals surface area contributed by atoms with Crippen molar-refractivity contribution < 1.29 is 19.1 Å². The van der Waals surface area contributed by atoms with Crippen LogP contribution in [0.25, 0.3) is 0 Å². The molecule has 0 aromatic heterocycles. The lowest BCUT2D eigenvalue weighted by atomic mass is 10.0. The third kappa shape index (κ3) is 4.22. The van der Waals surface area contributed by atoms with E-state index in [0.717, 1.165) is 5.56 Å². The summed E-state index contributed by atoms with van der Waals surface area (Å²) in [5, 5.41) is 2.76. The summed E-state index contributed by atoms with van der Waals surface area (Å²) in [5.74, 6) is -0.968. The molecule has 6 nitrogen and oxygen atoms in total. The molecule has 1 heterocycles. The Morgan fingerprint density at radius 1 is 0.867 bits per heavy atom. The number of carbonyl (C=O) groups is 3. The standard InChI is InChI=1S/C24H20N2O4/c27-22(25-18-11-5-2-6-12-18)16-20-24(29)30-21-14-8-7-13-19(21)26(20)23(28)15-17-9-3-1-4-10-17/h1-14,20H,15-16H2,(H,25,27)/t20-/m0/s1. The summed E-state index contributed by atoms with van der Waals surface area (Å²) in [6.45, 7) is 0. The quantitative estimate of drug-likeness (QED) is 0.525. The largest absolute Gasteiger partial charge is 0.423 e. The Bertz CT molecular complexity index is 1070. The molecule has 0 saturated heterocycles. The lowest BCUT2D eigenvalue weighted by Crippen LogP contribution is -2.52. The number of nitrogens with zero attached hydrogens (tertiary/aromatic N) is 1. The highest BCUT2D eigenvalue weighted by atomic mass is 16.5. The molecule has 0 radical (unpaired) electrons. The molecule has 1 N–H and O–H groups in total. The number of rotatable bonds is 5. The van der Waals surface area contributed by atoms with E-state index in [1.807, 2.05) is 36.4 Å². The van der Waals surface area contributed by atoms with Gasteiger partial charge in [0, 0.05) is 5.69 Å². The summed E-state index contributed by atoms with van der Waals surface area (Å²) in [6, 6.07) is 24.0. The Kier molecular flexibility index (Phi) is 5.57. The third-order valence-corrected chi connectivity index (χ3v) is 4.82. The topological polar surface area (TPSA) is 75.7 Å². The van der Waals surface area contributed by atoms with Gasteiger partial charge in [-0.25, -0.2) is 4.79 Å². The molecule has 150 valence electrons. The first kappa shape index (κ1) is 19.4. The van der Waals surface area contributed by atoms with E-state index in [1.165, 1.54) is 4.90 Å². The molecule has 0 saturated carbocycles. The normalized spacial score (nSPS) is 15.1. The minimum absolute atomic E-state index is 0.110. The van der Waals surface area contributed by atoms with Crippen molar-refractivity contribution in [3.05, 3.63) is 90.5 Å². The molecular formula is C24H20N2O4. The van der Waals surface area contributed by atoms with Gasteiger partial charge < -0.3 is 10.1 Å². The maximum atomic E-state index is 13.2. The molecule has 1 atom stereocenters. The van der Waals surface area contributed by atoms with Crippen molar-refractivity contribution in [2.24, 2.45) is 0 Å². The van der Waals surface area contributed by atoms with Crippen molar-refractivity contribution in [1.82, 2.24) is 0 Å². The molecule has 0 bridgehead atoms. The number of benzene rings is 3. The number of hydrogen-bond acceptors (Lipinski definition) is 4. The lowest BCUT2D eigenvalue weighted by Gasteiger charge is -2.35. The molecule has 3 aromatic carbocycles. The van der Waals surface area contributed by atoms with Gasteiger partial charge in [0.05, 0.1) is 18.5 Å². The van der Waals surface area contributed by atoms with E-state index in [-0.39, 0.29) is 24.7 Å². The summed E-state index contributed by atoms with van der Waals surface area (Å²) in [6.07, 6.45) is -0.0954. The number of anilines is 2. The molecule has 0 aliphatic carbocycles. The predicted molar refractivity (Wildman–Crippen MR) is 113 cm³/mol. The van der Waals surface area contributed by atoms with Gasteiger partial charge in [-0.3, -0.25) is 14.5 Å². The molecule has 0 spiro atoms. The number of fused-ring (bicyclic) bond motifs is 1.